The summed E-state index contributed by atoms with van der Waals surface area (Å²) in [6, 6.07) is 5.56. The lowest BCUT2D eigenvalue weighted by Gasteiger charge is -2.13. The van der Waals surface area contributed by atoms with E-state index in [1.54, 1.807) is 12.1 Å². The number of amides is 2. The van der Waals surface area contributed by atoms with Gasteiger partial charge in [0.15, 0.2) is 0 Å². The molecule has 1 atom stereocenters. The van der Waals surface area contributed by atoms with E-state index in [-0.39, 0.29) is 11.7 Å². The van der Waals surface area contributed by atoms with Crippen molar-refractivity contribution >= 4 is 11.7 Å². The molecule has 1 aromatic carbocycles. The van der Waals surface area contributed by atoms with Crippen molar-refractivity contribution in [1.82, 2.24) is 5.32 Å². The van der Waals surface area contributed by atoms with E-state index in [4.69, 9.17) is 5.73 Å². The summed E-state index contributed by atoms with van der Waals surface area (Å²) >= 11 is 0. The number of anilines is 1. The predicted octanol–water partition coefficient (Wildman–Crippen LogP) is 1.68. The fraction of sp³-hybridized carbons (Fsp3) is 0.364. The second-order valence-corrected chi connectivity index (χ2v) is 3.56. The van der Waals surface area contributed by atoms with Crippen molar-refractivity contribution in [2.45, 2.75) is 19.4 Å². The van der Waals surface area contributed by atoms with Crippen LogP contribution >= 0.6 is 0 Å². The fourth-order valence-electron chi connectivity index (χ4n) is 1.27. The average molecular weight is 225 g/mol. The molecule has 16 heavy (non-hydrogen) atoms. The highest BCUT2D eigenvalue weighted by Gasteiger charge is 2.08. The fourth-order valence-corrected chi connectivity index (χ4v) is 1.27. The summed E-state index contributed by atoms with van der Waals surface area (Å²) in [7, 11) is 0. The third-order valence-corrected chi connectivity index (χ3v) is 2.10. The molecule has 0 heterocycles. The Kier molecular flexibility index (Phi) is 4.72. The van der Waals surface area contributed by atoms with E-state index in [9.17, 15) is 9.18 Å². The molecule has 4 nitrogen and oxygen atoms in total. The van der Waals surface area contributed by atoms with E-state index >= 15 is 0 Å². The maximum Gasteiger partial charge on any atom is 0.319 e. The van der Waals surface area contributed by atoms with Gasteiger partial charge in [-0.05, 0) is 32.0 Å². The summed E-state index contributed by atoms with van der Waals surface area (Å²) in [6.45, 7) is 2.34. The maximum atomic E-state index is 13.2. The number of hydrogen-bond donors (Lipinski definition) is 3. The minimum absolute atomic E-state index is 0.0308. The Morgan fingerprint density at radius 3 is 2.81 bits per heavy atom. The van der Waals surface area contributed by atoms with Gasteiger partial charge in [-0.1, -0.05) is 12.1 Å². The van der Waals surface area contributed by atoms with Crippen molar-refractivity contribution in [2.24, 2.45) is 5.73 Å². The highest BCUT2D eigenvalue weighted by Crippen LogP contribution is 2.11. The molecular weight excluding hydrogens is 209 g/mol. The normalized spacial score (nSPS) is 11.9. The average Bonchev–Trinajstić information content (AvgIpc) is 2.21. The highest BCUT2D eigenvalue weighted by molar-refractivity contribution is 5.89. The number of carbonyl (C=O) groups is 1. The van der Waals surface area contributed by atoms with E-state index in [1.165, 1.54) is 12.1 Å². The topological polar surface area (TPSA) is 67.1 Å². The molecule has 1 unspecified atom stereocenters. The van der Waals surface area contributed by atoms with Gasteiger partial charge in [-0.25, -0.2) is 9.18 Å². The lowest BCUT2D eigenvalue weighted by atomic mass is 10.2. The van der Waals surface area contributed by atoms with Crippen LogP contribution in [-0.4, -0.2) is 18.6 Å². The van der Waals surface area contributed by atoms with Gasteiger partial charge in [0.2, 0.25) is 0 Å². The molecule has 1 aromatic rings. The minimum Gasteiger partial charge on any atom is -0.335 e. The number of carbonyl (C=O) groups excluding carboxylic acids is 1. The second kappa shape index (κ2) is 6.07. The van der Waals surface area contributed by atoms with Gasteiger partial charge in [-0.15, -0.1) is 0 Å². The monoisotopic (exact) mass is 225 g/mol. The van der Waals surface area contributed by atoms with Gasteiger partial charge in [-0.3, -0.25) is 0 Å². The van der Waals surface area contributed by atoms with Crippen LogP contribution in [0.2, 0.25) is 0 Å². The number of rotatable bonds is 4. The summed E-state index contributed by atoms with van der Waals surface area (Å²) in [5.74, 6) is -0.455. The van der Waals surface area contributed by atoms with Crippen LogP contribution in [0.25, 0.3) is 0 Å². The molecule has 0 spiro atoms. The summed E-state index contributed by atoms with van der Waals surface area (Å²) in [5, 5.41) is 5.09. The number of hydrogen-bond acceptors (Lipinski definition) is 2. The van der Waals surface area contributed by atoms with Gasteiger partial charge >= 0.3 is 6.03 Å². The van der Waals surface area contributed by atoms with Crippen LogP contribution in [0, 0.1) is 5.82 Å². The smallest absolute Gasteiger partial charge is 0.319 e. The van der Waals surface area contributed by atoms with E-state index in [0.717, 1.165) is 0 Å². The van der Waals surface area contributed by atoms with Crippen LogP contribution < -0.4 is 16.4 Å². The van der Waals surface area contributed by atoms with Gasteiger partial charge in [0.1, 0.15) is 5.82 Å². The van der Waals surface area contributed by atoms with Crippen LogP contribution in [0.1, 0.15) is 13.3 Å². The molecule has 4 N–H and O–H groups in total. The quantitative estimate of drug-likeness (QED) is 0.729. The number of halogens is 1. The first kappa shape index (κ1) is 12.4. The SMILES string of the molecule is CC(CCN)NC(=O)Nc1ccccc1F. The molecule has 5 heteroatoms. The molecule has 1 rings (SSSR count). The number of urea groups is 1. The van der Waals surface area contributed by atoms with Crippen molar-refractivity contribution < 1.29 is 9.18 Å². The third-order valence-electron chi connectivity index (χ3n) is 2.10. The molecule has 0 saturated carbocycles. The number of nitrogens with one attached hydrogen (secondary N) is 2. The number of benzene rings is 1. The van der Waals surface area contributed by atoms with Crippen LogP contribution in [0.5, 0.6) is 0 Å². The van der Waals surface area contributed by atoms with Crippen molar-refractivity contribution in [1.29, 1.82) is 0 Å². The lowest BCUT2D eigenvalue weighted by molar-refractivity contribution is 0.248. The van der Waals surface area contributed by atoms with E-state index < -0.39 is 11.8 Å². The van der Waals surface area contributed by atoms with Gasteiger partial charge < -0.3 is 16.4 Å². The van der Waals surface area contributed by atoms with Crippen molar-refractivity contribution in [3.63, 3.8) is 0 Å². The Balaban J connectivity index is 2.49. The molecule has 0 aliphatic heterocycles. The predicted molar refractivity (Wildman–Crippen MR) is 61.7 cm³/mol. The Labute approximate surface area is 94.0 Å². The maximum absolute atomic E-state index is 13.2. The van der Waals surface area contributed by atoms with Crippen LogP contribution in [-0.2, 0) is 0 Å². The molecule has 0 radical (unpaired) electrons. The van der Waals surface area contributed by atoms with Crippen LogP contribution in [0.15, 0.2) is 24.3 Å². The molecule has 0 saturated heterocycles. The Morgan fingerprint density at radius 2 is 2.19 bits per heavy atom. The van der Waals surface area contributed by atoms with Crippen LogP contribution in [0.3, 0.4) is 0 Å². The molecule has 0 fully saturated rings. The first-order valence-corrected chi connectivity index (χ1v) is 5.15. The van der Waals surface area contributed by atoms with Gasteiger partial charge in [0, 0.05) is 6.04 Å². The number of nitrogens with two attached hydrogens (primary N) is 1. The molecule has 0 aliphatic carbocycles. The van der Waals surface area contributed by atoms with Crippen molar-refractivity contribution in [3.05, 3.63) is 30.1 Å². The van der Waals surface area contributed by atoms with Crippen molar-refractivity contribution in [3.8, 4) is 0 Å². The zero-order valence-electron chi connectivity index (χ0n) is 9.16. The van der Waals surface area contributed by atoms with Gasteiger partial charge in [0.25, 0.3) is 0 Å². The van der Waals surface area contributed by atoms with Gasteiger partial charge in [0.05, 0.1) is 5.69 Å². The van der Waals surface area contributed by atoms with E-state index in [1.807, 2.05) is 6.92 Å². The summed E-state index contributed by atoms with van der Waals surface area (Å²) in [6.07, 6.45) is 0.685. The minimum atomic E-state index is -0.455. The van der Waals surface area contributed by atoms with Crippen LogP contribution in [0.4, 0.5) is 14.9 Å². The Hall–Kier alpha value is -1.62. The summed E-state index contributed by atoms with van der Waals surface area (Å²) in [4.78, 5) is 11.4. The van der Waals surface area contributed by atoms with E-state index in [2.05, 4.69) is 10.6 Å². The number of para-hydroxylation sites is 1. The molecule has 0 bridgehead atoms. The molecule has 2 amide bonds. The molecule has 88 valence electrons. The second-order valence-electron chi connectivity index (χ2n) is 3.56. The largest absolute Gasteiger partial charge is 0.335 e. The zero-order chi connectivity index (χ0) is 12.0. The molecule has 0 aliphatic rings. The lowest BCUT2D eigenvalue weighted by Crippen LogP contribution is -2.37. The molecular formula is C11H16FN3O. The van der Waals surface area contributed by atoms with E-state index in [0.29, 0.717) is 13.0 Å². The first-order chi connectivity index (χ1) is 7.63. The molecule has 0 aromatic heterocycles. The Morgan fingerprint density at radius 1 is 1.50 bits per heavy atom. The third kappa shape index (κ3) is 3.86. The zero-order valence-corrected chi connectivity index (χ0v) is 9.16. The Bertz CT molecular complexity index is 357. The summed E-state index contributed by atoms with van der Waals surface area (Å²) in [5.41, 5.74) is 5.52. The highest BCUT2D eigenvalue weighted by atomic mass is 19.1. The van der Waals surface area contributed by atoms with Crippen molar-refractivity contribution in [2.75, 3.05) is 11.9 Å². The first-order valence-electron chi connectivity index (χ1n) is 5.15. The summed E-state index contributed by atoms with van der Waals surface area (Å²) < 4.78 is 13.2. The van der Waals surface area contributed by atoms with Gasteiger partial charge in [-0.2, -0.15) is 0 Å². The standard InChI is InChI=1S/C11H16FN3O/c1-8(6-7-13)14-11(16)15-10-5-3-2-4-9(10)12/h2-5,8H,6-7,13H2,1H3,(H2,14,15,16).